The van der Waals surface area contributed by atoms with Gasteiger partial charge < -0.3 is 0 Å². The fourth-order valence-electron chi connectivity index (χ4n) is 1.61. The summed E-state index contributed by atoms with van der Waals surface area (Å²) in [5.74, 6) is 0. The molecule has 0 radical (unpaired) electrons. The lowest BCUT2D eigenvalue weighted by molar-refractivity contribution is 0.491. The fraction of sp³-hybridized carbons (Fsp3) is 0.462. The SMILES string of the molecule is CCC[C@@H](C#N)N[C@@H](C)c1ccccc1. The number of hydrogen-bond donors (Lipinski definition) is 1. The first-order valence-corrected chi connectivity index (χ1v) is 5.48. The second kappa shape index (κ2) is 6.21. The van der Waals surface area contributed by atoms with E-state index in [0.29, 0.717) is 0 Å². The summed E-state index contributed by atoms with van der Waals surface area (Å²) in [5.41, 5.74) is 1.23. The van der Waals surface area contributed by atoms with Crippen LogP contribution in [-0.4, -0.2) is 6.04 Å². The van der Waals surface area contributed by atoms with Gasteiger partial charge in [0.1, 0.15) is 0 Å². The van der Waals surface area contributed by atoms with Crippen LogP contribution in [0.1, 0.15) is 38.3 Å². The second-order valence-electron chi connectivity index (χ2n) is 3.77. The van der Waals surface area contributed by atoms with Crippen molar-refractivity contribution >= 4 is 0 Å². The molecule has 0 bridgehead atoms. The maximum Gasteiger partial charge on any atom is 0.0957 e. The van der Waals surface area contributed by atoms with Gasteiger partial charge in [0, 0.05) is 6.04 Å². The summed E-state index contributed by atoms with van der Waals surface area (Å²) in [6.07, 6.45) is 1.94. The van der Waals surface area contributed by atoms with Crippen molar-refractivity contribution in [3.8, 4) is 6.07 Å². The van der Waals surface area contributed by atoms with Crippen LogP contribution < -0.4 is 5.32 Å². The van der Waals surface area contributed by atoms with Gasteiger partial charge in [0.05, 0.1) is 12.1 Å². The Morgan fingerprint density at radius 3 is 2.53 bits per heavy atom. The molecule has 0 aliphatic carbocycles. The summed E-state index contributed by atoms with van der Waals surface area (Å²) in [5, 5.41) is 12.3. The molecular weight excluding hydrogens is 184 g/mol. The van der Waals surface area contributed by atoms with Gasteiger partial charge in [-0.25, -0.2) is 0 Å². The van der Waals surface area contributed by atoms with Gasteiger partial charge in [-0.15, -0.1) is 0 Å². The molecular formula is C13H18N2. The maximum atomic E-state index is 8.94. The molecule has 0 aromatic heterocycles. The van der Waals surface area contributed by atoms with Crippen molar-refractivity contribution in [2.24, 2.45) is 0 Å². The molecule has 0 aliphatic heterocycles. The molecule has 15 heavy (non-hydrogen) atoms. The van der Waals surface area contributed by atoms with Crippen LogP contribution in [0.4, 0.5) is 0 Å². The van der Waals surface area contributed by atoms with E-state index in [1.54, 1.807) is 0 Å². The predicted molar refractivity (Wildman–Crippen MR) is 62.3 cm³/mol. The summed E-state index contributed by atoms with van der Waals surface area (Å²) < 4.78 is 0. The molecule has 1 rings (SSSR count). The van der Waals surface area contributed by atoms with Crippen LogP contribution in [0, 0.1) is 11.3 Å². The molecule has 0 spiro atoms. The lowest BCUT2D eigenvalue weighted by Crippen LogP contribution is -2.30. The minimum absolute atomic E-state index is 0.0368. The normalized spacial score (nSPS) is 14.2. The highest BCUT2D eigenvalue weighted by Crippen LogP contribution is 2.12. The Balaban J connectivity index is 2.55. The van der Waals surface area contributed by atoms with Crippen LogP contribution in [0.15, 0.2) is 30.3 Å². The summed E-state index contributed by atoms with van der Waals surface area (Å²) in [7, 11) is 0. The van der Waals surface area contributed by atoms with Gasteiger partial charge >= 0.3 is 0 Å². The summed E-state index contributed by atoms with van der Waals surface area (Å²) in [6.45, 7) is 4.19. The molecule has 2 nitrogen and oxygen atoms in total. The first kappa shape index (κ1) is 11.7. The largest absolute Gasteiger partial charge is 0.295 e. The average molecular weight is 202 g/mol. The molecule has 1 aromatic rings. The Morgan fingerprint density at radius 1 is 1.33 bits per heavy atom. The van der Waals surface area contributed by atoms with E-state index in [0.717, 1.165) is 12.8 Å². The molecule has 1 aromatic carbocycles. The molecule has 0 unspecified atom stereocenters. The first-order valence-electron chi connectivity index (χ1n) is 5.48. The maximum absolute atomic E-state index is 8.94. The number of benzene rings is 1. The monoisotopic (exact) mass is 202 g/mol. The lowest BCUT2D eigenvalue weighted by Gasteiger charge is -2.17. The quantitative estimate of drug-likeness (QED) is 0.796. The van der Waals surface area contributed by atoms with Crippen LogP contribution in [0.25, 0.3) is 0 Å². The lowest BCUT2D eigenvalue weighted by atomic mass is 10.1. The number of nitriles is 1. The van der Waals surface area contributed by atoms with Gasteiger partial charge in [0.25, 0.3) is 0 Å². The van der Waals surface area contributed by atoms with Gasteiger partial charge in [-0.3, -0.25) is 5.32 Å². The molecule has 80 valence electrons. The highest BCUT2D eigenvalue weighted by atomic mass is 14.9. The third-order valence-corrected chi connectivity index (χ3v) is 2.48. The van der Waals surface area contributed by atoms with Crippen molar-refractivity contribution in [1.29, 1.82) is 5.26 Å². The molecule has 0 fully saturated rings. The Labute approximate surface area is 91.9 Å². The van der Waals surface area contributed by atoms with E-state index in [1.807, 2.05) is 18.2 Å². The molecule has 0 saturated carbocycles. The van der Waals surface area contributed by atoms with Gasteiger partial charge in [-0.2, -0.15) is 5.26 Å². The van der Waals surface area contributed by atoms with Crippen LogP contribution in [0.3, 0.4) is 0 Å². The minimum Gasteiger partial charge on any atom is -0.295 e. The Kier molecular flexibility index (Phi) is 4.86. The molecule has 2 atom stereocenters. The number of nitrogens with one attached hydrogen (secondary N) is 1. The zero-order valence-electron chi connectivity index (χ0n) is 9.40. The third kappa shape index (κ3) is 3.73. The first-order chi connectivity index (χ1) is 7.27. The van der Waals surface area contributed by atoms with Crippen molar-refractivity contribution in [3.63, 3.8) is 0 Å². The number of nitrogens with zero attached hydrogens (tertiary/aromatic N) is 1. The fourth-order valence-corrected chi connectivity index (χ4v) is 1.61. The van der Waals surface area contributed by atoms with E-state index in [1.165, 1.54) is 5.56 Å². The predicted octanol–water partition coefficient (Wildman–Crippen LogP) is 3.03. The zero-order chi connectivity index (χ0) is 11.1. The number of hydrogen-bond acceptors (Lipinski definition) is 2. The highest BCUT2D eigenvalue weighted by Gasteiger charge is 2.10. The summed E-state index contributed by atoms with van der Waals surface area (Å²) in [6, 6.07) is 12.7. The molecule has 1 N–H and O–H groups in total. The van der Waals surface area contributed by atoms with Gasteiger partial charge in [0.15, 0.2) is 0 Å². The van der Waals surface area contributed by atoms with E-state index < -0.39 is 0 Å². The summed E-state index contributed by atoms with van der Waals surface area (Å²) >= 11 is 0. The average Bonchev–Trinajstić information content (AvgIpc) is 2.29. The van der Waals surface area contributed by atoms with E-state index >= 15 is 0 Å². The van der Waals surface area contributed by atoms with E-state index in [9.17, 15) is 0 Å². The second-order valence-corrected chi connectivity index (χ2v) is 3.77. The topological polar surface area (TPSA) is 35.8 Å². The molecule has 0 aliphatic rings. The smallest absolute Gasteiger partial charge is 0.0957 e. The summed E-state index contributed by atoms with van der Waals surface area (Å²) in [4.78, 5) is 0. The molecule has 0 saturated heterocycles. The third-order valence-electron chi connectivity index (χ3n) is 2.48. The molecule has 2 heteroatoms. The highest BCUT2D eigenvalue weighted by molar-refractivity contribution is 5.18. The van der Waals surface area contributed by atoms with E-state index in [-0.39, 0.29) is 12.1 Å². The van der Waals surface area contributed by atoms with Gasteiger partial charge in [-0.05, 0) is 18.9 Å². The van der Waals surface area contributed by atoms with E-state index in [4.69, 9.17) is 5.26 Å². The molecule has 0 heterocycles. The van der Waals surface area contributed by atoms with Crippen molar-refractivity contribution in [2.75, 3.05) is 0 Å². The van der Waals surface area contributed by atoms with Crippen LogP contribution in [0.5, 0.6) is 0 Å². The Hall–Kier alpha value is -1.33. The standard InChI is InChI=1S/C13H18N2/c1-3-7-13(10-14)15-11(2)12-8-5-4-6-9-12/h4-6,8-9,11,13,15H,3,7H2,1-2H3/t11-,13-/m0/s1. The van der Waals surface area contributed by atoms with Crippen LogP contribution in [-0.2, 0) is 0 Å². The minimum atomic E-state index is -0.0368. The van der Waals surface area contributed by atoms with Crippen molar-refractivity contribution in [1.82, 2.24) is 5.32 Å². The van der Waals surface area contributed by atoms with Crippen LogP contribution >= 0.6 is 0 Å². The van der Waals surface area contributed by atoms with Gasteiger partial charge in [-0.1, -0.05) is 43.7 Å². The Bertz CT molecular complexity index is 313. The Morgan fingerprint density at radius 2 is 2.00 bits per heavy atom. The molecule has 0 amide bonds. The van der Waals surface area contributed by atoms with Crippen molar-refractivity contribution < 1.29 is 0 Å². The van der Waals surface area contributed by atoms with Crippen molar-refractivity contribution in [3.05, 3.63) is 35.9 Å². The van der Waals surface area contributed by atoms with Crippen LogP contribution in [0.2, 0.25) is 0 Å². The van der Waals surface area contributed by atoms with E-state index in [2.05, 4.69) is 37.4 Å². The zero-order valence-corrected chi connectivity index (χ0v) is 9.40. The van der Waals surface area contributed by atoms with Gasteiger partial charge in [0.2, 0.25) is 0 Å². The number of rotatable bonds is 5. The van der Waals surface area contributed by atoms with Crippen molar-refractivity contribution in [2.45, 2.75) is 38.8 Å².